The molecule has 2 aromatic heterocycles. The Morgan fingerprint density at radius 2 is 2.32 bits per heavy atom. The average molecular weight is 341 g/mol. The number of aromatic nitrogens is 1. The summed E-state index contributed by atoms with van der Waals surface area (Å²) in [6.07, 6.45) is 1.52. The van der Waals surface area contributed by atoms with Crippen molar-refractivity contribution in [1.82, 2.24) is 4.98 Å². The predicted molar refractivity (Wildman–Crippen MR) is 79.5 cm³/mol. The average Bonchev–Trinajstić information content (AvgIpc) is 2.83. The number of pyridine rings is 1. The Hall–Kier alpha value is -1.40. The molecule has 0 aromatic carbocycles. The molecule has 0 saturated heterocycles. The van der Waals surface area contributed by atoms with Crippen molar-refractivity contribution >= 4 is 39.1 Å². The molecule has 0 fully saturated rings. The molecule has 100 valence electrons. The standard InChI is InChI=1S/C13H13BrN2O2S/c1-2-18-13(17)9-3-4-12(15-7-9)16-8-11-10(14)5-6-19-11/h3-7H,2,8H2,1H3,(H,15,16). The van der Waals surface area contributed by atoms with Crippen LogP contribution >= 0.6 is 27.3 Å². The van der Waals surface area contributed by atoms with Gasteiger partial charge < -0.3 is 10.1 Å². The molecular formula is C13H13BrN2O2S. The van der Waals surface area contributed by atoms with Gasteiger partial charge in [-0.15, -0.1) is 11.3 Å². The summed E-state index contributed by atoms with van der Waals surface area (Å²) in [5.74, 6) is 0.385. The van der Waals surface area contributed by atoms with Crippen molar-refractivity contribution < 1.29 is 9.53 Å². The van der Waals surface area contributed by atoms with E-state index in [-0.39, 0.29) is 5.97 Å². The van der Waals surface area contributed by atoms with Crippen LogP contribution in [0.4, 0.5) is 5.82 Å². The molecule has 0 saturated carbocycles. The monoisotopic (exact) mass is 340 g/mol. The van der Waals surface area contributed by atoms with Gasteiger partial charge >= 0.3 is 5.97 Å². The number of hydrogen-bond donors (Lipinski definition) is 1. The van der Waals surface area contributed by atoms with Crippen LogP contribution in [0.25, 0.3) is 0 Å². The van der Waals surface area contributed by atoms with Gasteiger partial charge in [0.05, 0.1) is 18.7 Å². The first-order chi connectivity index (χ1) is 9.20. The van der Waals surface area contributed by atoms with Crippen LogP contribution in [-0.2, 0) is 11.3 Å². The lowest BCUT2D eigenvalue weighted by atomic mass is 10.3. The normalized spacial score (nSPS) is 10.2. The minimum Gasteiger partial charge on any atom is -0.462 e. The molecule has 2 aromatic rings. The molecule has 2 heterocycles. The Bertz CT molecular complexity index is 554. The minimum atomic E-state index is -0.345. The van der Waals surface area contributed by atoms with Gasteiger partial charge in [-0.1, -0.05) is 0 Å². The first-order valence-corrected chi connectivity index (χ1v) is 7.47. The van der Waals surface area contributed by atoms with E-state index in [4.69, 9.17) is 4.74 Å². The second-order valence-electron chi connectivity index (χ2n) is 3.70. The van der Waals surface area contributed by atoms with Crippen molar-refractivity contribution in [2.24, 2.45) is 0 Å². The summed E-state index contributed by atoms with van der Waals surface area (Å²) in [6.45, 7) is 2.84. The lowest BCUT2D eigenvalue weighted by molar-refractivity contribution is 0.0526. The predicted octanol–water partition coefficient (Wildman–Crippen LogP) is 3.69. The lowest BCUT2D eigenvalue weighted by Gasteiger charge is -2.05. The zero-order valence-corrected chi connectivity index (χ0v) is 12.8. The van der Waals surface area contributed by atoms with Crippen LogP contribution in [0.2, 0.25) is 0 Å². The van der Waals surface area contributed by atoms with E-state index in [2.05, 4.69) is 26.2 Å². The molecule has 6 heteroatoms. The number of carbonyl (C=O) groups excluding carboxylic acids is 1. The number of thiophene rings is 1. The molecule has 0 aliphatic rings. The Morgan fingerprint density at radius 3 is 2.89 bits per heavy atom. The zero-order chi connectivity index (χ0) is 13.7. The van der Waals surface area contributed by atoms with Crippen molar-refractivity contribution in [1.29, 1.82) is 0 Å². The van der Waals surface area contributed by atoms with Gasteiger partial charge in [-0.3, -0.25) is 0 Å². The Morgan fingerprint density at radius 1 is 1.47 bits per heavy atom. The number of rotatable bonds is 5. The largest absolute Gasteiger partial charge is 0.462 e. The topological polar surface area (TPSA) is 51.2 Å². The molecule has 0 radical (unpaired) electrons. The maximum Gasteiger partial charge on any atom is 0.339 e. The molecule has 0 aliphatic heterocycles. The highest BCUT2D eigenvalue weighted by atomic mass is 79.9. The second kappa shape index (κ2) is 6.68. The van der Waals surface area contributed by atoms with Gasteiger partial charge in [-0.05, 0) is 46.4 Å². The van der Waals surface area contributed by atoms with Gasteiger partial charge in [-0.25, -0.2) is 9.78 Å². The third-order valence-electron chi connectivity index (χ3n) is 2.40. The molecule has 4 nitrogen and oxygen atoms in total. The van der Waals surface area contributed by atoms with E-state index in [0.29, 0.717) is 18.7 Å². The van der Waals surface area contributed by atoms with E-state index in [1.165, 1.54) is 11.1 Å². The number of hydrogen-bond acceptors (Lipinski definition) is 5. The number of esters is 1. The molecule has 0 aliphatic carbocycles. The third kappa shape index (κ3) is 3.78. The zero-order valence-electron chi connectivity index (χ0n) is 10.4. The molecule has 2 rings (SSSR count). The fourth-order valence-electron chi connectivity index (χ4n) is 1.46. The van der Waals surface area contributed by atoms with Crippen molar-refractivity contribution in [3.63, 3.8) is 0 Å². The molecule has 0 bridgehead atoms. The number of nitrogens with zero attached hydrogens (tertiary/aromatic N) is 1. The van der Waals surface area contributed by atoms with Crippen LogP contribution in [0, 0.1) is 0 Å². The van der Waals surface area contributed by atoms with E-state index in [1.807, 2.05) is 11.4 Å². The number of carbonyl (C=O) groups is 1. The van der Waals surface area contributed by atoms with Crippen LogP contribution in [-0.4, -0.2) is 17.6 Å². The number of ether oxygens (including phenoxy) is 1. The maximum absolute atomic E-state index is 11.5. The molecule has 0 spiro atoms. The van der Waals surface area contributed by atoms with E-state index in [9.17, 15) is 4.79 Å². The van der Waals surface area contributed by atoms with Crippen molar-refractivity contribution in [3.05, 3.63) is 44.7 Å². The van der Waals surface area contributed by atoms with Gasteiger partial charge in [0.15, 0.2) is 0 Å². The number of anilines is 1. The summed E-state index contributed by atoms with van der Waals surface area (Å²) in [6, 6.07) is 5.49. The maximum atomic E-state index is 11.5. The fraction of sp³-hybridized carbons (Fsp3) is 0.231. The highest BCUT2D eigenvalue weighted by Gasteiger charge is 2.07. The summed E-state index contributed by atoms with van der Waals surface area (Å²) in [4.78, 5) is 16.9. The molecule has 0 unspecified atom stereocenters. The van der Waals surface area contributed by atoms with Crippen LogP contribution in [0.15, 0.2) is 34.2 Å². The van der Waals surface area contributed by atoms with Gasteiger partial charge in [0.25, 0.3) is 0 Å². The lowest BCUT2D eigenvalue weighted by Crippen LogP contribution is -2.06. The van der Waals surface area contributed by atoms with Crippen LogP contribution in [0.3, 0.4) is 0 Å². The number of halogens is 1. The molecule has 0 amide bonds. The Balaban J connectivity index is 1.95. The minimum absolute atomic E-state index is 0.345. The highest BCUT2D eigenvalue weighted by molar-refractivity contribution is 9.10. The SMILES string of the molecule is CCOC(=O)c1ccc(NCc2sccc2Br)nc1. The summed E-state index contributed by atoms with van der Waals surface area (Å²) in [7, 11) is 0. The van der Waals surface area contributed by atoms with E-state index in [1.54, 1.807) is 30.4 Å². The molecule has 1 N–H and O–H groups in total. The molecule has 0 atom stereocenters. The van der Waals surface area contributed by atoms with Crippen molar-refractivity contribution in [3.8, 4) is 0 Å². The smallest absolute Gasteiger partial charge is 0.339 e. The van der Waals surface area contributed by atoms with Crippen LogP contribution < -0.4 is 5.32 Å². The third-order valence-corrected chi connectivity index (χ3v) is 4.32. The quantitative estimate of drug-likeness (QED) is 0.843. The summed E-state index contributed by atoms with van der Waals surface area (Å²) >= 11 is 5.15. The first kappa shape index (κ1) is 14.0. The van der Waals surface area contributed by atoms with Crippen molar-refractivity contribution in [2.75, 3.05) is 11.9 Å². The summed E-state index contributed by atoms with van der Waals surface area (Å²) in [5.41, 5.74) is 0.463. The summed E-state index contributed by atoms with van der Waals surface area (Å²) < 4.78 is 5.99. The summed E-state index contributed by atoms with van der Waals surface area (Å²) in [5, 5.41) is 5.23. The van der Waals surface area contributed by atoms with Crippen LogP contribution in [0.1, 0.15) is 22.2 Å². The Labute approximate surface area is 124 Å². The van der Waals surface area contributed by atoms with Crippen molar-refractivity contribution in [2.45, 2.75) is 13.5 Å². The molecule has 19 heavy (non-hydrogen) atoms. The Kier molecular flexibility index (Phi) is 4.93. The van der Waals surface area contributed by atoms with Gasteiger partial charge in [0, 0.05) is 15.5 Å². The fourth-order valence-corrected chi connectivity index (χ4v) is 2.89. The second-order valence-corrected chi connectivity index (χ2v) is 5.55. The van der Waals surface area contributed by atoms with Gasteiger partial charge in [0.1, 0.15) is 5.82 Å². The van der Waals surface area contributed by atoms with E-state index in [0.717, 1.165) is 10.3 Å². The molecular weight excluding hydrogens is 328 g/mol. The van der Waals surface area contributed by atoms with Crippen LogP contribution in [0.5, 0.6) is 0 Å². The van der Waals surface area contributed by atoms with E-state index < -0.39 is 0 Å². The first-order valence-electron chi connectivity index (χ1n) is 5.79. The van der Waals surface area contributed by atoms with Gasteiger partial charge in [0.2, 0.25) is 0 Å². The number of nitrogens with one attached hydrogen (secondary N) is 1. The van der Waals surface area contributed by atoms with Gasteiger partial charge in [-0.2, -0.15) is 0 Å². The van der Waals surface area contributed by atoms with E-state index >= 15 is 0 Å². The highest BCUT2D eigenvalue weighted by Crippen LogP contribution is 2.23.